The van der Waals surface area contributed by atoms with Crippen LogP contribution in [-0.4, -0.2) is 113 Å². The lowest BCUT2D eigenvalue weighted by molar-refractivity contribution is -0.149. The SMILES string of the molecule is CC(NC(=O)CNC(=O)C(CCCN=C(N)N)NC(=O)C(Cc1ccccc1)NC(=O)C(N)C(C)O)C(=O)N1CCCC1C(=O)O. The molecule has 1 fully saturated rings. The summed E-state index contributed by atoms with van der Waals surface area (Å²) in [5.74, 6) is -4.79. The minimum atomic E-state index is -1.31. The number of hydrogen-bond acceptors (Lipinski definition) is 9. The van der Waals surface area contributed by atoms with Crippen molar-refractivity contribution in [1.82, 2.24) is 26.2 Å². The van der Waals surface area contributed by atoms with E-state index in [-0.39, 0.29) is 38.3 Å². The number of aliphatic hydroxyl groups excluding tert-OH is 1. The van der Waals surface area contributed by atoms with Crippen molar-refractivity contribution in [3.8, 4) is 0 Å². The highest BCUT2D eigenvalue weighted by Gasteiger charge is 2.36. The molecule has 46 heavy (non-hydrogen) atoms. The van der Waals surface area contributed by atoms with E-state index < -0.39 is 78.4 Å². The molecule has 254 valence electrons. The van der Waals surface area contributed by atoms with Crippen LogP contribution in [0.15, 0.2) is 35.3 Å². The van der Waals surface area contributed by atoms with Crippen LogP contribution in [0.1, 0.15) is 45.1 Å². The first kappa shape index (κ1) is 37.4. The number of aliphatic imine (C=N–C) groups is 1. The number of nitrogens with one attached hydrogen (secondary N) is 4. The monoisotopic (exact) mass is 647 g/mol. The lowest BCUT2D eigenvalue weighted by Crippen LogP contribution is -2.58. The van der Waals surface area contributed by atoms with Gasteiger partial charge in [0.25, 0.3) is 0 Å². The topological polar surface area (TPSA) is 285 Å². The summed E-state index contributed by atoms with van der Waals surface area (Å²) < 4.78 is 0. The number of carbonyl (C=O) groups is 6. The lowest BCUT2D eigenvalue weighted by Gasteiger charge is -2.26. The quantitative estimate of drug-likeness (QED) is 0.0457. The zero-order chi connectivity index (χ0) is 34.4. The van der Waals surface area contributed by atoms with Crippen molar-refractivity contribution >= 4 is 41.5 Å². The Labute approximate surface area is 266 Å². The van der Waals surface area contributed by atoms with Crippen molar-refractivity contribution in [2.24, 2.45) is 22.2 Å². The van der Waals surface area contributed by atoms with Crippen LogP contribution in [0.5, 0.6) is 0 Å². The Balaban J connectivity index is 2.11. The predicted octanol–water partition coefficient (Wildman–Crippen LogP) is -3.34. The van der Waals surface area contributed by atoms with Gasteiger partial charge in [-0.05, 0) is 45.1 Å². The Morgan fingerprint density at radius 2 is 1.63 bits per heavy atom. The molecule has 0 saturated carbocycles. The molecule has 6 unspecified atom stereocenters. The highest BCUT2D eigenvalue weighted by molar-refractivity contribution is 5.95. The van der Waals surface area contributed by atoms with Gasteiger partial charge in [0.1, 0.15) is 30.2 Å². The fraction of sp³-hybridized carbons (Fsp3) is 0.552. The van der Waals surface area contributed by atoms with Gasteiger partial charge >= 0.3 is 5.97 Å². The average Bonchev–Trinajstić information content (AvgIpc) is 3.51. The van der Waals surface area contributed by atoms with Gasteiger partial charge in [0.05, 0.1) is 12.6 Å². The van der Waals surface area contributed by atoms with Gasteiger partial charge in [-0.15, -0.1) is 0 Å². The number of rotatable bonds is 17. The van der Waals surface area contributed by atoms with Crippen molar-refractivity contribution in [1.29, 1.82) is 0 Å². The summed E-state index contributed by atoms with van der Waals surface area (Å²) in [5, 5.41) is 29.1. The zero-order valence-corrected chi connectivity index (χ0v) is 26.0. The third-order valence-corrected chi connectivity index (χ3v) is 7.31. The van der Waals surface area contributed by atoms with E-state index in [0.717, 1.165) is 0 Å². The van der Waals surface area contributed by atoms with Gasteiger partial charge in [0, 0.05) is 19.5 Å². The Morgan fingerprint density at radius 1 is 0.978 bits per heavy atom. The van der Waals surface area contributed by atoms with E-state index in [0.29, 0.717) is 18.4 Å². The van der Waals surface area contributed by atoms with Gasteiger partial charge in [-0.2, -0.15) is 0 Å². The van der Waals surface area contributed by atoms with Gasteiger partial charge in [0.15, 0.2) is 5.96 Å². The second kappa shape index (κ2) is 18.3. The van der Waals surface area contributed by atoms with Crippen molar-refractivity contribution in [2.45, 2.75) is 82.3 Å². The number of guanidine groups is 1. The van der Waals surface area contributed by atoms with E-state index in [9.17, 15) is 39.0 Å². The highest BCUT2D eigenvalue weighted by Crippen LogP contribution is 2.18. The summed E-state index contributed by atoms with van der Waals surface area (Å²) in [6, 6.07) is 3.10. The molecule has 1 aliphatic heterocycles. The van der Waals surface area contributed by atoms with Crippen LogP contribution in [0.3, 0.4) is 0 Å². The number of hydrogen-bond donors (Lipinski definition) is 9. The van der Waals surface area contributed by atoms with Crippen LogP contribution in [-0.2, 0) is 35.2 Å². The fourth-order valence-corrected chi connectivity index (χ4v) is 4.77. The van der Waals surface area contributed by atoms with Crippen LogP contribution in [0, 0.1) is 0 Å². The maximum absolute atomic E-state index is 13.5. The Hall–Kier alpha value is -4.77. The molecule has 0 radical (unpaired) electrons. The molecule has 6 atom stereocenters. The number of benzene rings is 1. The van der Waals surface area contributed by atoms with Gasteiger partial charge in [0.2, 0.25) is 29.5 Å². The van der Waals surface area contributed by atoms with Gasteiger partial charge < -0.3 is 53.6 Å². The number of nitrogens with two attached hydrogens (primary N) is 3. The molecule has 17 heteroatoms. The standard InChI is InChI=1S/C29H45N9O8/c1-16(27(44)38-13-7-11-21(38)28(45)46)35-22(40)15-34-24(41)19(10-6-12-33-29(31)32)36-25(42)20(14-18-8-4-3-5-9-18)37-26(43)23(30)17(2)39/h3-5,8-9,16-17,19-21,23,39H,6-7,10-15,30H2,1-2H3,(H,34,41)(H,35,40)(H,36,42)(H,37,43)(H,45,46)(H4,31,32,33). The number of carboxylic acids is 1. The van der Waals surface area contributed by atoms with E-state index in [1.807, 2.05) is 0 Å². The molecule has 1 saturated heterocycles. The maximum atomic E-state index is 13.5. The number of aliphatic carboxylic acids is 1. The van der Waals surface area contributed by atoms with Crippen LogP contribution < -0.4 is 38.5 Å². The highest BCUT2D eigenvalue weighted by atomic mass is 16.4. The summed E-state index contributed by atoms with van der Waals surface area (Å²) in [6.45, 7) is 2.59. The van der Waals surface area contributed by atoms with Gasteiger partial charge in [-0.1, -0.05) is 30.3 Å². The predicted molar refractivity (Wildman–Crippen MR) is 167 cm³/mol. The van der Waals surface area contributed by atoms with Crippen molar-refractivity contribution in [3.05, 3.63) is 35.9 Å². The average molecular weight is 648 g/mol. The van der Waals surface area contributed by atoms with Crippen LogP contribution in [0.2, 0.25) is 0 Å². The number of carbonyl (C=O) groups excluding carboxylic acids is 5. The fourth-order valence-electron chi connectivity index (χ4n) is 4.77. The molecular formula is C29H45N9O8. The smallest absolute Gasteiger partial charge is 0.326 e. The largest absolute Gasteiger partial charge is 0.480 e. The molecule has 2 rings (SSSR count). The molecule has 5 amide bonds. The molecule has 12 N–H and O–H groups in total. The minimum absolute atomic E-state index is 0.0430. The molecule has 0 aromatic heterocycles. The summed E-state index contributed by atoms with van der Waals surface area (Å²) in [7, 11) is 0. The molecule has 1 aromatic carbocycles. The number of amides is 5. The van der Waals surface area contributed by atoms with Crippen LogP contribution in [0.4, 0.5) is 0 Å². The van der Waals surface area contributed by atoms with Crippen molar-refractivity contribution < 1.29 is 39.0 Å². The second-order valence-electron chi connectivity index (χ2n) is 11.1. The molecule has 1 aromatic rings. The molecule has 1 heterocycles. The summed E-state index contributed by atoms with van der Waals surface area (Å²) in [5.41, 5.74) is 17.2. The first-order valence-electron chi connectivity index (χ1n) is 14.9. The molecule has 0 aliphatic carbocycles. The van der Waals surface area contributed by atoms with Crippen LogP contribution in [0.25, 0.3) is 0 Å². The van der Waals surface area contributed by atoms with E-state index >= 15 is 0 Å². The first-order chi connectivity index (χ1) is 21.7. The number of nitrogens with zero attached hydrogens (tertiary/aromatic N) is 2. The number of carboxylic acid groups (broad SMARTS) is 1. The molecule has 1 aliphatic rings. The Kier molecular flexibility index (Phi) is 14.9. The Bertz CT molecular complexity index is 1260. The zero-order valence-electron chi connectivity index (χ0n) is 26.0. The number of aliphatic hydroxyl groups is 1. The summed E-state index contributed by atoms with van der Waals surface area (Å²) in [4.78, 5) is 81.1. The summed E-state index contributed by atoms with van der Waals surface area (Å²) >= 11 is 0. The lowest BCUT2D eigenvalue weighted by atomic mass is 10.0. The molecule has 17 nitrogen and oxygen atoms in total. The van der Waals surface area contributed by atoms with Crippen molar-refractivity contribution in [3.63, 3.8) is 0 Å². The molecular weight excluding hydrogens is 602 g/mol. The van der Waals surface area contributed by atoms with E-state index in [1.54, 1.807) is 30.3 Å². The first-order valence-corrected chi connectivity index (χ1v) is 14.9. The minimum Gasteiger partial charge on any atom is -0.480 e. The third kappa shape index (κ3) is 12.0. The summed E-state index contributed by atoms with van der Waals surface area (Å²) in [6.07, 6.45) is 0.0115. The normalized spacial score (nSPS) is 17.4. The molecule has 0 bridgehead atoms. The maximum Gasteiger partial charge on any atom is 0.326 e. The van der Waals surface area contributed by atoms with Gasteiger partial charge in [-0.3, -0.25) is 29.0 Å². The Morgan fingerprint density at radius 3 is 2.24 bits per heavy atom. The van der Waals surface area contributed by atoms with Gasteiger partial charge in [-0.25, -0.2) is 4.79 Å². The van der Waals surface area contributed by atoms with Crippen LogP contribution >= 0.6 is 0 Å². The second-order valence-corrected chi connectivity index (χ2v) is 11.1. The van der Waals surface area contributed by atoms with E-state index in [1.165, 1.54) is 18.7 Å². The molecule has 0 spiro atoms. The number of likely N-dealkylation sites (tertiary alicyclic amines) is 1. The van der Waals surface area contributed by atoms with Crippen molar-refractivity contribution in [2.75, 3.05) is 19.6 Å². The third-order valence-electron chi connectivity index (χ3n) is 7.31. The van der Waals surface area contributed by atoms with E-state index in [4.69, 9.17) is 17.2 Å². The van der Waals surface area contributed by atoms with E-state index in [2.05, 4.69) is 26.3 Å².